The Labute approximate surface area is 199 Å². The van der Waals surface area contributed by atoms with Gasteiger partial charge in [0.1, 0.15) is 17.1 Å². The van der Waals surface area contributed by atoms with Crippen molar-refractivity contribution in [3.63, 3.8) is 0 Å². The Hall–Kier alpha value is -4.02. The second-order valence-corrected chi connectivity index (χ2v) is 8.38. The Kier molecular flexibility index (Phi) is 5.83. The zero-order valence-electron chi connectivity index (χ0n) is 18.9. The van der Waals surface area contributed by atoms with Gasteiger partial charge in [0.2, 0.25) is 0 Å². The Morgan fingerprint density at radius 1 is 1.03 bits per heavy atom. The van der Waals surface area contributed by atoms with Crippen LogP contribution in [0, 0.1) is 0 Å². The lowest BCUT2D eigenvalue weighted by molar-refractivity contribution is -0.141. The zero-order chi connectivity index (χ0) is 24.6. The summed E-state index contributed by atoms with van der Waals surface area (Å²) < 4.78 is 40.2. The molecule has 11 heteroatoms. The molecule has 1 saturated heterocycles. The normalized spacial score (nSPS) is 17.0. The van der Waals surface area contributed by atoms with Crippen LogP contribution >= 0.6 is 0 Å². The minimum absolute atomic E-state index is 0.189. The van der Waals surface area contributed by atoms with E-state index in [0.29, 0.717) is 48.8 Å². The van der Waals surface area contributed by atoms with Crippen LogP contribution in [-0.2, 0) is 6.18 Å². The molecule has 0 saturated carbocycles. The van der Waals surface area contributed by atoms with Gasteiger partial charge in [0, 0.05) is 43.6 Å². The smallest absolute Gasteiger partial charge is 0.353 e. The molecule has 0 N–H and O–H groups in total. The van der Waals surface area contributed by atoms with E-state index in [1.54, 1.807) is 27.9 Å². The first-order chi connectivity index (χ1) is 16.8. The van der Waals surface area contributed by atoms with E-state index in [1.165, 1.54) is 0 Å². The monoisotopic (exact) mass is 481 g/mol. The molecule has 1 fully saturated rings. The third-order valence-corrected chi connectivity index (χ3v) is 6.01. The Morgan fingerprint density at radius 2 is 1.83 bits per heavy atom. The second-order valence-electron chi connectivity index (χ2n) is 8.38. The topological polar surface area (TPSA) is 79.5 Å². The van der Waals surface area contributed by atoms with E-state index in [1.807, 2.05) is 42.2 Å². The Balaban J connectivity index is 1.44. The summed E-state index contributed by atoms with van der Waals surface area (Å²) >= 11 is 0. The molecule has 3 aromatic heterocycles. The van der Waals surface area contributed by atoms with Crippen molar-refractivity contribution in [3.8, 4) is 11.3 Å². The van der Waals surface area contributed by atoms with Crippen LogP contribution < -0.4 is 4.90 Å². The van der Waals surface area contributed by atoms with Gasteiger partial charge < -0.3 is 9.80 Å². The number of amides is 1. The SMILES string of the molecule is C[C@@H]1CN(c2cnc(C(F)(F)F)cn2)CCCN1C(=O)c1c(-c2ccccc2)nn2cccnc12. The number of halogens is 3. The molecule has 0 radical (unpaired) electrons. The fourth-order valence-corrected chi connectivity index (χ4v) is 4.33. The number of fused-ring (bicyclic) bond motifs is 1. The van der Waals surface area contributed by atoms with Gasteiger partial charge in [-0.05, 0) is 19.4 Å². The van der Waals surface area contributed by atoms with Crippen molar-refractivity contribution in [1.29, 1.82) is 0 Å². The summed E-state index contributed by atoms with van der Waals surface area (Å²) in [5.41, 5.74) is 1.22. The van der Waals surface area contributed by atoms with Crippen LogP contribution in [0.1, 0.15) is 29.4 Å². The lowest BCUT2D eigenvalue weighted by atomic mass is 10.1. The van der Waals surface area contributed by atoms with Crippen LogP contribution in [0.2, 0.25) is 0 Å². The molecule has 0 unspecified atom stereocenters. The quantitative estimate of drug-likeness (QED) is 0.441. The van der Waals surface area contributed by atoms with Gasteiger partial charge >= 0.3 is 6.18 Å². The molecule has 1 aliphatic rings. The van der Waals surface area contributed by atoms with E-state index in [4.69, 9.17) is 0 Å². The summed E-state index contributed by atoms with van der Waals surface area (Å²) in [5, 5.41) is 4.62. The summed E-state index contributed by atoms with van der Waals surface area (Å²) in [4.78, 5) is 29.4. The Bertz CT molecular complexity index is 1340. The summed E-state index contributed by atoms with van der Waals surface area (Å²) in [6.07, 6.45) is 1.33. The van der Waals surface area contributed by atoms with E-state index < -0.39 is 11.9 Å². The van der Waals surface area contributed by atoms with Gasteiger partial charge in [-0.2, -0.15) is 18.3 Å². The van der Waals surface area contributed by atoms with Crippen molar-refractivity contribution in [2.45, 2.75) is 25.6 Å². The van der Waals surface area contributed by atoms with Crippen LogP contribution in [0.25, 0.3) is 16.9 Å². The molecular formula is C24H22F3N7O. The molecule has 4 aromatic rings. The van der Waals surface area contributed by atoms with Gasteiger partial charge in [-0.1, -0.05) is 30.3 Å². The fraction of sp³-hybridized carbons (Fsp3) is 0.292. The average molecular weight is 481 g/mol. The number of hydrogen-bond acceptors (Lipinski definition) is 6. The van der Waals surface area contributed by atoms with Gasteiger partial charge in [-0.3, -0.25) is 4.79 Å². The molecule has 0 spiro atoms. The minimum Gasteiger partial charge on any atom is -0.353 e. The van der Waals surface area contributed by atoms with Gasteiger partial charge in [0.15, 0.2) is 11.3 Å². The standard InChI is InChI=1S/C24H22F3N7O/c1-16-15-32(19-14-29-18(13-30-19)24(25,26)27)10-6-11-33(16)23(35)20-21(17-7-3-2-4-8-17)31-34-12-5-9-28-22(20)34/h2-5,7-9,12-14,16H,6,10-11,15H2,1H3/t16-/m1/s1. The molecule has 0 bridgehead atoms. The lowest BCUT2D eigenvalue weighted by Gasteiger charge is -2.29. The zero-order valence-corrected chi connectivity index (χ0v) is 18.9. The molecule has 1 amide bonds. The largest absolute Gasteiger partial charge is 0.434 e. The van der Waals surface area contributed by atoms with Gasteiger partial charge in [0.05, 0.1) is 12.4 Å². The molecule has 180 valence electrons. The molecule has 0 aliphatic carbocycles. The number of carbonyl (C=O) groups is 1. The van der Waals surface area contributed by atoms with Crippen LogP contribution in [0.5, 0.6) is 0 Å². The van der Waals surface area contributed by atoms with Crippen molar-refractivity contribution in [2.75, 3.05) is 24.5 Å². The van der Waals surface area contributed by atoms with Crippen LogP contribution in [0.3, 0.4) is 0 Å². The van der Waals surface area contributed by atoms with E-state index >= 15 is 0 Å². The summed E-state index contributed by atoms with van der Waals surface area (Å²) in [5.74, 6) is 0.159. The molecule has 5 rings (SSSR count). The third-order valence-electron chi connectivity index (χ3n) is 6.01. The number of rotatable bonds is 3. The first-order valence-electron chi connectivity index (χ1n) is 11.2. The minimum atomic E-state index is -4.54. The maximum Gasteiger partial charge on any atom is 0.434 e. The predicted octanol–water partition coefficient (Wildman–Crippen LogP) is 3.95. The van der Waals surface area contributed by atoms with Crippen molar-refractivity contribution in [2.24, 2.45) is 0 Å². The maximum absolute atomic E-state index is 13.9. The summed E-state index contributed by atoms with van der Waals surface area (Å²) in [6, 6.07) is 11.0. The van der Waals surface area contributed by atoms with Gasteiger partial charge in [-0.15, -0.1) is 0 Å². The fourth-order valence-electron chi connectivity index (χ4n) is 4.33. The van der Waals surface area contributed by atoms with Crippen molar-refractivity contribution in [3.05, 3.63) is 72.4 Å². The first kappa shape index (κ1) is 22.8. The van der Waals surface area contributed by atoms with Crippen molar-refractivity contribution < 1.29 is 18.0 Å². The highest BCUT2D eigenvalue weighted by Crippen LogP contribution is 2.29. The highest BCUT2D eigenvalue weighted by molar-refractivity contribution is 6.05. The number of benzene rings is 1. The second kappa shape index (κ2) is 8.97. The highest BCUT2D eigenvalue weighted by Gasteiger charge is 2.34. The van der Waals surface area contributed by atoms with E-state index in [0.717, 1.165) is 18.0 Å². The van der Waals surface area contributed by atoms with E-state index in [-0.39, 0.29) is 11.9 Å². The van der Waals surface area contributed by atoms with Crippen LogP contribution in [0.15, 0.2) is 61.2 Å². The van der Waals surface area contributed by atoms with Gasteiger partial charge in [0.25, 0.3) is 5.91 Å². The molecule has 1 aromatic carbocycles. The third kappa shape index (κ3) is 4.41. The maximum atomic E-state index is 13.9. The van der Waals surface area contributed by atoms with E-state index in [9.17, 15) is 18.0 Å². The number of anilines is 1. The molecule has 1 atom stereocenters. The summed E-state index contributed by atoms with van der Waals surface area (Å²) in [6.45, 7) is 3.32. The number of carbonyl (C=O) groups excluding carboxylic acids is 1. The van der Waals surface area contributed by atoms with Crippen LogP contribution in [-0.4, -0.2) is 61.0 Å². The van der Waals surface area contributed by atoms with E-state index in [2.05, 4.69) is 20.1 Å². The first-order valence-corrected chi connectivity index (χ1v) is 11.2. The molecular weight excluding hydrogens is 459 g/mol. The Morgan fingerprint density at radius 3 is 2.54 bits per heavy atom. The van der Waals surface area contributed by atoms with Crippen LogP contribution in [0.4, 0.5) is 19.0 Å². The predicted molar refractivity (Wildman–Crippen MR) is 123 cm³/mol. The highest BCUT2D eigenvalue weighted by atomic mass is 19.4. The van der Waals surface area contributed by atoms with Crippen molar-refractivity contribution in [1.82, 2.24) is 29.5 Å². The molecule has 1 aliphatic heterocycles. The average Bonchev–Trinajstić information content (AvgIpc) is 3.14. The number of hydrogen-bond donors (Lipinski definition) is 0. The molecule has 35 heavy (non-hydrogen) atoms. The lowest BCUT2D eigenvalue weighted by Crippen LogP contribution is -2.43. The summed E-state index contributed by atoms with van der Waals surface area (Å²) in [7, 11) is 0. The number of aromatic nitrogens is 5. The molecule has 4 heterocycles. The van der Waals surface area contributed by atoms with Crippen molar-refractivity contribution >= 4 is 17.4 Å². The number of alkyl halides is 3. The number of nitrogens with zero attached hydrogens (tertiary/aromatic N) is 7. The molecule has 8 nitrogen and oxygen atoms in total. The van der Waals surface area contributed by atoms with Gasteiger partial charge in [-0.25, -0.2) is 19.5 Å².